The Balaban J connectivity index is 2.04. The quantitative estimate of drug-likeness (QED) is 0.301. The lowest BCUT2D eigenvalue weighted by Gasteiger charge is -2.00. The van der Waals surface area contributed by atoms with Gasteiger partial charge in [-0.2, -0.15) is 5.26 Å². The van der Waals surface area contributed by atoms with E-state index in [9.17, 15) is 15.4 Å². The van der Waals surface area contributed by atoms with Crippen molar-refractivity contribution in [2.45, 2.75) is 13.3 Å². The summed E-state index contributed by atoms with van der Waals surface area (Å²) in [5.74, 6) is 0. The van der Waals surface area contributed by atoms with E-state index < -0.39 is 4.92 Å². The van der Waals surface area contributed by atoms with Gasteiger partial charge in [-0.15, -0.1) is 11.3 Å². The van der Waals surface area contributed by atoms with Gasteiger partial charge >= 0.3 is 0 Å². The van der Waals surface area contributed by atoms with Crippen molar-refractivity contribution in [3.05, 3.63) is 79.1 Å². The van der Waals surface area contributed by atoms with E-state index in [1.54, 1.807) is 30.3 Å². The third-order valence-corrected chi connectivity index (χ3v) is 5.36. The smallest absolute Gasteiger partial charge is 0.258 e. The molecule has 1 heterocycles. The van der Waals surface area contributed by atoms with E-state index in [0.29, 0.717) is 21.2 Å². The molecule has 7 heteroatoms. The van der Waals surface area contributed by atoms with Gasteiger partial charge < -0.3 is 0 Å². The van der Waals surface area contributed by atoms with E-state index in [4.69, 9.17) is 11.6 Å². The zero-order chi connectivity index (χ0) is 19.4. The second-order valence-corrected chi connectivity index (χ2v) is 7.19. The van der Waals surface area contributed by atoms with Crippen molar-refractivity contribution in [3.63, 3.8) is 0 Å². The molecule has 0 saturated heterocycles. The molecule has 0 atom stereocenters. The zero-order valence-electron chi connectivity index (χ0n) is 14.3. The van der Waals surface area contributed by atoms with Crippen molar-refractivity contribution in [2.75, 3.05) is 0 Å². The van der Waals surface area contributed by atoms with Gasteiger partial charge in [-0.25, -0.2) is 4.98 Å². The van der Waals surface area contributed by atoms with Crippen molar-refractivity contribution in [3.8, 4) is 17.3 Å². The molecule has 3 rings (SSSR count). The van der Waals surface area contributed by atoms with Crippen LogP contribution in [0.15, 0.2) is 48.5 Å². The molecule has 0 aliphatic carbocycles. The summed E-state index contributed by atoms with van der Waals surface area (Å²) in [7, 11) is 0. The highest BCUT2D eigenvalue weighted by Crippen LogP contribution is 2.33. The van der Waals surface area contributed by atoms with Gasteiger partial charge in [0.1, 0.15) is 11.1 Å². The first-order valence-corrected chi connectivity index (χ1v) is 9.33. The molecule has 5 nitrogen and oxygen atoms in total. The van der Waals surface area contributed by atoms with Gasteiger partial charge in [0.05, 0.1) is 16.2 Å². The van der Waals surface area contributed by atoms with Crippen LogP contribution in [0.4, 0.5) is 5.69 Å². The molecule has 1 aromatic heterocycles. The highest BCUT2D eigenvalue weighted by atomic mass is 35.5. The molecule has 0 N–H and O–H groups in total. The topological polar surface area (TPSA) is 79.8 Å². The summed E-state index contributed by atoms with van der Waals surface area (Å²) in [4.78, 5) is 16.2. The first kappa shape index (κ1) is 18.8. The monoisotopic (exact) mass is 395 g/mol. The molecule has 2 aromatic carbocycles. The van der Waals surface area contributed by atoms with Gasteiger partial charge in [0.25, 0.3) is 5.69 Å². The molecule has 0 bridgehead atoms. The van der Waals surface area contributed by atoms with Crippen molar-refractivity contribution >= 4 is 40.3 Å². The number of aryl methyl sites for hydroxylation is 1. The number of nitro groups is 1. The molecule has 0 unspecified atom stereocenters. The summed E-state index contributed by atoms with van der Waals surface area (Å²) >= 11 is 7.41. The Kier molecular flexibility index (Phi) is 5.65. The number of hydrogen-bond acceptors (Lipinski definition) is 5. The summed E-state index contributed by atoms with van der Waals surface area (Å²) in [5, 5.41) is 21.8. The van der Waals surface area contributed by atoms with E-state index in [2.05, 4.69) is 11.1 Å². The van der Waals surface area contributed by atoms with Crippen LogP contribution in [0, 0.1) is 21.4 Å². The molecular formula is C20H14ClN3O2S. The molecule has 0 saturated carbocycles. The van der Waals surface area contributed by atoms with Crippen LogP contribution in [0.2, 0.25) is 5.02 Å². The normalized spacial score (nSPS) is 11.2. The Bertz CT molecular complexity index is 1070. The molecule has 0 amide bonds. The highest BCUT2D eigenvalue weighted by molar-refractivity contribution is 7.13. The number of nitrogens with zero attached hydrogens (tertiary/aromatic N) is 3. The molecule has 0 spiro atoms. The summed E-state index contributed by atoms with van der Waals surface area (Å²) in [6, 6.07) is 15.7. The highest BCUT2D eigenvalue weighted by Gasteiger charge is 2.15. The van der Waals surface area contributed by atoms with Gasteiger partial charge in [0.2, 0.25) is 0 Å². The second kappa shape index (κ2) is 8.12. The average Bonchev–Trinajstić information content (AvgIpc) is 3.11. The second-order valence-electron chi connectivity index (χ2n) is 5.67. The van der Waals surface area contributed by atoms with Crippen LogP contribution >= 0.6 is 22.9 Å². The summed E-state index contributed by atoms with van der Waals surface area (Å²) in [6.45, 7) is 2.03. The number of nitriles is 1. The Hall–Kier alpha value is -3.01. The molecule has 0 radical (unpaired) electrons. The number of halogens is 1. The van der Waals surface area contributed by atoms with Crippen LogP contribution in [-0.2, 0) is 6.42 Å². The number of non-ortho nitro benzene ring substituents is 1. The first-order chi connectivity index (χ1) is 13.0. The predicted octanol–water partition coefficient (Wildman–Crippen LogP) is 6.00. The molecule has 134 valence electrons. The molecule has 27 heavy (non-hydrogen) atoms. The number of nitro benzene ring substituents is 1. The Morgan fingerprint density at radius 1 is 1.33 bits per heavy atom. The van der Waals surface area contributed by atoms with E-state index in [-0.39, 0.29) is 5.69 Å². The van der Waals surface area contributed by atoms with Gasteiger partial charge in [-0.3, -0.25) is 10.1 Å². The molecule has 0 fully saturated rings. The van der Waals surface area contributed by atoms with Gasteiger partial charge in [0.15, 0.2) is 0 Å². The first-order valence-electron chi connectivity index (χ1n) is 8.14. The maximum Gasteiger partial charge on any atom is 0.270 e. The fourth-order valence-corrected chi connectivity index (χ4v) is 3.69. The van der Waals surface area contributed by atoms with Crippen molar-refractivity contribution in [1.29, 1.82) is 5.26 Å². The fraction of sp³-hybridized carbons (Fsp3) is 0.100. The zero-order valence-corrected chi connectivity index (χ0v) is 15.9. The van der Waals surface area contributed by atoms with Crippen LogP contribution in [-0.4, -0.2) is 9.91 Å². The number of benzene rings is 2. The Labute approximate surface area is 165 Å². The lowest BCUT2D eigenvalue weighted by molar-refractivity contribution is -0.384. The van der Waals surface area contributed by atoms with Crippen LogP contribution in [0.1, 0.15) is 22.4 Å². The molecule has 0 aliphatic rings. The minimum absolute atomic E-state index is 0.0173. The van der Waals surface area contributed by atoms with Gasteiger partial charge in [0, 0.05) is 27.6 Å². The predicted molar refractivity (Wildman–Crippen MR) is 109 cm³/mol. The van der Waals surface area contributed by atoms with Crippen LogP contribution in [0.3, 0.4) is 0 Å². The maximum absolute atomic E-state index is 10.9. The summed E-state index contributed by atoms with van der Waals surface area (Å²) in [5.41, 5.74) is 2.70. The number of rotatable bonds is 5. The number of aromatic nitrogens is 1. The Morgan fingerprint density at radius 2 is 2.07 bits per heavy atom. The van der Waals surface area contributed by atoms with Gasteiger partial charge in [-0.1, -0.05) is 42.8 Å². The van der Waals surface area contributed by atoms with Gasteiger partial charge in [-0.05, 0) is 30.2 Å². The van der Waals surface area contributed by atoms with E-state index in [0.717, 1.165) is 22.6 Å². The minimum Gasteiger partial charge on any atom is -0.258 e. The fourth-order valence-electron chi connectivity index (χ4n) is 2.58. The van der Waals surface area contributed by atoms with Crippen molar-refractivity contribution in [2.24, 2.45) is 0 Å². The molecule has 0 aliphatic heterocycles. The summed E-state index contributed by atoms with van der Waals surface area (Å²) in [6.07, 6.45) is 2.40. The van der Waals surface area contributed by atoms with E-state index in [1.165, 1.54) is 23.5 Å². The van der Waals surface area contributed by atoms with E-state index >= 15 is 0 Å². The number of thiazole rings is 1. The number of hydrogen-bond donors (Lipinski definition) is 0. The largest absolute Gasteiger partial charge is 0.270 e. The van der Waals surface area contributed by atoms with Crippen molar-refractivity contribution in [1.82, 2.24) is 4.98 Å². The van der Waals surface area contributed by atoms with Crippen LogP contribution in [0.25, 0.3) is 22.9 Å². The van der Waals surface area contributed by atoms with Crippen molar-refractivity contribution < 1.29 is 4.92 Å². The van der Waals surface area contributed by atoms with Crippen LogP contribution in [0.5, 0.6) is 0 Å². The summed E-state index contributed by atoms with van der Waals surface area (Å²) < 4.78 is 0. The molecular weight excluding hydrogens is 382 g/mol. The molecule has 3 aromatic rings. The Morgan fingerprint density at radius 3 is 2.70 bits per heavy atom. The number of allylic oxidation sites excluding steroid dienone is 1. The third kappa shape index (κ3) is 4.22. The lowest BCUT2D eigenvalue weighted by atomic mass is 10.1. The minimum atomic E-state index is -0.458. The standard InChI is InChI=1S/C20H14ClN3O2S/c1-2-18-19(14-6-8-16(21)9-7-14)23-20(27-18)15(12-22)10-13-4-3-5-17(11-13)24(25)26/h3-11H,2H2,1H3. The van der Waals surface area contributed by atoms with Crippen LogP contribution < -0.4 is 0 Å². The lowest BCUT2D eigenvalue weighted by Crippen LogP contribution is -1.88. The SMILES string of the molecule is CCc1sc(C(C#N)=Cc2cccc([N+](=O)[O-])c2)nc1-c1ccc(Cl)cc1. The van der Waals surface area contributed by atoms with E-state index in [1.807, 2.05) is 19.1 Å². The average molecular weight is 396 g/mol. The maximum atomic E-state index is 10.9. The third-order valence-electron chi connectivity index (χ3n) is 3.88.